The van der Waals surface area contributed by atoms with Crippen molar-refractivity contribution in [3.8, 4) is 0 Å². The van der Waals surface area contributed by atoms with Gasteiger partial charge in [-0.2, -0.15) is 0 Å². The van der Waals surface area contributed by atoms with Gasteiger partial charge in [0, 0.05) is 31.3 Å². The Hall–Kier alpha value is -2.27. The Labute approximate surface area is 158 Å². The molecule has 27 heavy (non-hydrogen) atoms. The summed E-state index contributed by atoms with van der Waals surface area (Å²) in [7, 11) is 0. The number of nitrogens with zero attached hydrogens (tertiary/aromatic N) is 2. The molecule has 2 fully saturated rings. The van der Waals surface area contributed by atoms with Gasteiger partial charge in [-0.1, -0.05) is 36.4 Å². The maximum absolute atomic E-state index is 14.2. The van der Waals surface area contributed by atoms with Gasteiger partial charge in [0.2, 0.25) is 5.91 Å². The number of hydrogen-bond donors (Lipinski definition) is 0. The van der Waals surface area contributed by atoms with E-state index in [2.05, 4.69) is 4.90 Å². The fourth-order valence-corrected chi connectivity index (χ4v) is 4.57. The second-order valence-electron chi connectivity index (χ2n) is 7.61. The molecule has 0 aromatic heterocycles. The molecule has 0 aliphatic carbocycles. The minimum atomic E-state index is -0.574. The summed E-state index contributed by atoms with van der Waals surface area (Å²) in [5.74, 6) is -0.964. The predicted molar refractivity (Wildman–Crippen MR) is 99.8 cm³/mol. The van der Waals surface area contributed by atoms with Gasteiger partial charge in [-0.3, -0.25) is 9.69 Å². The summed E-state index contributed by atoms with van der Waals surface area (Å²) in [6.45, 7) is 2.48. The lowest BCUT2D eigenvalue weighted by Crippen LogP contribution is -2.59. The van der Waals surface area contributed by atoms with E-state index in [4.69, 9.17) is 0 Å². The van der Waals surface area contributed by atoms with Gasteiger partial charge >= 0.3 is 0 Å². The zero-order chi connectivity index (χ0) is 18.9. The van der Waals surface area contributed by atoms with Crippen LogP contribution in [0.3, 0.4) is 0 Å². The number of carbonyl (C=O) groups excluding carboxylic acids is 1. The van der Waals surface area contributed by atoms with Gasteiger partial charge in [0.25, 0.3) is 0 Å². The van der Waals surface area contributed by atoms with E-state index in [1.807, 2.05) is 35.2 Å². The molecular formula is C22H24F2N2O. The van der Waals surface area contributed by atoms with Gasteiger partial charge in [0.15, 0.2) is 0 Å². The van der Waals surface area contributed by atoms with Gasteiger partial charge < -0.3 is 4.90 Å². The highest BCUT2D eigenvalue weighted by atomic mass is 19.1. The molecule has 4 rings (SSSR count). The van der Waals surface area contributed by atoms with Crippen LogP contribution in [0.1, 0.15) is 36.8 Å². The molecule has 3 nitrogen and oxygen atoms in total. The van der Waals surface area contributed by atoms with Crippen molar-refractivity contribution in [1.29, 1.82) is 0 Å². The first kappa shape index (κ1) is 18.1. The second kappa shape index (κ2) is 7.39. The molecule has 0 bridgehead atoms. The summed E-state index contributed by atoms with van der Waals surface area (Å²) in [4.78, 5) is 17.5. The van der Waals surface area contributed by atoms with Gasteiger partial charge in [-0.25, -0.2) is 8.78 Å². The SMILES string of the molecule is O=C1N(Cc2ccccc2)CCCC12CCCN2Cc1ccc(F)cc1F. The first-order valence-corrected chi connectivity index (χ1v) is 9.61. The maximum Gasteiger partial charge on any atom is 0.243 e. The largest absolute Gasteiger partial charge is 0.337 e. The lowest BCUT2D eigenvalue weighted by molar-refractivity contribution is -0.148. The van der Waals surface area contributed by atoms with E-state index >= 15 is 0 Å². The molecule has 0 saturated carbocycles. The lowest BCUT2D eigenvalue weighted by atomic mass is 9.85. The monoisotopic (exact) mass is 370 g/mol. The van der Waals surface area contributed by atoms with Crippen LogP contribution >= 0.6 is 0 Å². The Morgan fingerprint density at radius 3 is 2.41 bits per heavy atom. The number of piperidine rings is 1. The van der Waals surface area contributed by atoms with Gasteiger partial charge in [-0.05, 0) is 43.9 Å². The Morgan fingerprint density at radius 2 is 1.67 bits per heavy atom. The molecule has 2 aliphatic heterocycles. The zero-order valence-electron chi connectivity index (χ0n) is 15.3. The lowest BCUT2D eigenvalue weighted by Gasteiger charge is -2.44. The zero-order valence-corrected chi connectivity index (χ0v) is 15.3. The fraction of sp³-hybridized carbons (Fsp3) is 0.409. The highest BCUT2D eigenvalue weighted by molar-refractivity contribution is 5.87. The van der Waals surface area contributed by atoms with Crippen molar-refractivity contribution in [1.82, 2.24) is 9.80 Å². The van der Waals surface area contributed by atoms with E-state index < -0.39 is 17.2 Å². The number of amides is 1. The summed E-state index contributed by atoms with van der Waals surface area (Å²) in [6.07, 6.45) is 3.48. The highest BCUT2D eigenvalue weighted by Gasteiger charge is 2.50. The number of halogens is 2. The van der Waals surface area contributed by atoms with Crippen LogP contribution in [-0.2, 0) is 17.9 Å². The molecule has 0 N–H and O–H groups in total. The van der Waals surface area contributed by atoms with E-state index in [1.54, 1.807) is 0 Å². The third kappa shape index (κ3) is 3.48. The first-order chi connectivity index (χ1) is 13.1. The van der Waals surface area contributed by atoms with E-state index in [1.165, 1.54) is 12.1 Å². The third-order valence-electron chi connectivity index (χ3n) is 5.92. The average Bonchev–Trinajstić information content (AvgIpc) is 3.05. The fourth-order valence-electron chi connectivity index (χ4n) is 4.57. The van der Waals surface area contributed by atoms with Crippen molar-refractivity contribution in [2.45, 2.75) is 44.3 Å². The Kier molecular flexibility index (Phi) is 4.96. The molecular weight excluding hydrogens is 346 g/mol. The number of benzene rings is 2. The van der Waals surface area contributed by atoms with Crippen LogP contribution in [0, 0.1) is 11.6 Å². The molecule has 1 amide bonds. The van der Waals surface area contributed by atoms with Crippen molar-refractivity contribution in [3.63, 3.8) is 0 Å². The molecule has 2 heterocycles. The van der Waals surface area contributed by atoms with E-state index in [9.17, 15) is 13.6 Å². The van der Waals surface area contributed by atoms with E-state index in [-0.39, 0.29) is 5.91 Å². The average molecular weight is 370 g/mol. The van der Waals surface area contributed by atoms with Crippen molar-refractivity contribution in [3.05, 3.63) is 71.3 Å². The predicted octanol–water partition coefficient (Wildman–Crippen LogP) is 4.12. The normalized spacial score (nSPS) is 23.3. The number of likely N-dealkylation sites (tertiary alicyclic amines) is 2. The topological polar surface area (TPSA) is 23.6 Å². The minimum Gasteiger partial charge on any atom is -0.337 e. The molecule has 2 aromatic carbocycles. The van der Waals surface area contributed by atoms with Crippen LogP contribution in [-0.4, -0.2) is 34.3 Å². The van der Waals surface area contributed by atoms with Crippen molar-refractivity contribution >= 4 is 5.91 Å². The van der Waals surface area contributed by atoms with Crippen LogP contribution < -0.4 is 0 Å². The van der Waals surface area contributed by atoms with E-state index in [0.29, 0.717) is 18.7 Å². The van der Waals surface area contributed by atoms with Crippen LogP contribution in [0.15, 0.2) is 48.5 Å². The third-order valence-corrected chi connectivity index (χ3v) is 5.92. The van der Waals surface area contributed by atoms with Crippen molar-refractivity contribution in [2.24, 2.45) is 0 Å². The van der Waals surface area contributed by atoms with E-state index in [0.717, 1.165) is 50.4 Å². The maximum atomic E-state index is 14.2. The molecule has 2 aromatic rings. The molecule has 2 aliphatic rings. The van der Waals surface area contributed by atoms with Gasteiger partial charge in [0.1, 0.15) is 17.2 Å². The molecule has 2 saturated heterocycles. The van der Waals surface area contributed by atoms with Gasteiger partial charge in [-0.15, -0.1) is 0 Å². The molecule has 0 radical (unpaired) electrons. The summed E-state index contributed by atoms with van der Waals surface area (Å²) < 4.78 is 27.4. The standard InChI is InChI=1S/C22H24F2N2O/c23-19-9-8-18(20(24)14-19)16-26-13-5-11-22(26)10-4-12-25(21(22)27)15-17-6-2-1-3-7-17/h1-3,6-9,14H,4-5,10-13,15-16H2. The molecule has 1 spiro atoms. The number of hydrogen-bond acceptors (Lipinski definition) is 2. The molecule has 5 heteroatoms. The second-order valence-corrected chi connectivity index (χ2v) is 7.61. The molecule has 1 atom stereocenters. The van der Waals surface area contributed by atoms with Crippen LogP contribution in [0.5, 0.6) is 0 Å². The smallest absolute Gasteiger partial charge is 0.243 e. The quantitative estimate of drug-likeness (QED) is 0.808. The van der Waals surface area contributed by atoms with Crippen LogP contribution in [0.4, 0.5) is 8.78 Å². The summed E-state index contributed by atoms with van der Waals surface area (Å²) in [5.41, 5.74) is 1.02. The summed E-state index contributed by atoms with van der Waals surface area (Å²) in [6, 6.07) is 13.7. The summed E-state index contributed by atoms with van der Waals surface area (Å²) in [5, 5.41) is 0. The van der Waals surface area contributed by atoms with Crippen LogP contribution in [0.25, 0.3) is 0 Å². The Bertz CT molecular complexity index is 826. The van der Waals surface area contributed by atoms with Crippen molar-refractivity contribution < 1.29 is 13.6 Å². The minimum absolute atomic E-state index is 0.151. The van der Waals surface area contributed by atoms with Crippen LogP contribution in [0.2, 0.25) is 0 Å². The highest BCUT2D eigenvalue weighted by Crippen LogP contribution is 2.39. The number of carbonyl (C=O) groups is 1. The van der Waals surface area contributed by atoms with Gasteiger partial charge in [0.05, 0.1) is 0 Å². The Morgan fingerprint density at radius 1 is 0.926 bits per heavy atom. The molecule has 1 unspecified atom stereocenters. The Balaban J connectivity index is 1.55. The number of rotatable bonds is 4. The summed E-state index contributed by atoms with van der Waals surface area (Å²) >= 11 is 0. The molecule has 142 valence electrons. The first-order valence-electron chi connectivity index (χ1n) is 9.61. The van der Waals surface area contributed by atoms with Crippen molar-refractivity contribution in [2.75, 3.05) is 13.1 Å².